The van der Waals surface area contributed by atoms with E-state index >= 15 is 0 Å². The Bertz CT molecular complexity index is 834. The number of hydrogen-bond donors (Lipinski definition) is 0. The van der Waals surface area contributed by atoms with E-state index in [2.05, 4.69) is 16.0 Å². The summed E-state index contributed by atoms with van der Waals surface area (Å²) in [6, 6.07) is 11.3. The third kappa shape index (κ3) is 2.58. The smallest absolute Gasteiger partial charge is 0.159 e. The molecule has 2 heterocycles. The first-order valence-electron chi connectivity index (χ1n) is 6.34. The molecule has 0 aliphatic rings. The second kappa shape index (κ2) is 5.72. The predicted molar refractivity (Wildman–Crippen MR) is 83.2 cm³/mol. The zero-order chi connectivity index (χ0) is 14.8. The Hall–Kier alpha value is -2.09. The van der Waals surface area contributed by atoms with Gasteiger partial charge >= 0.3 is 0 Å². The van der Waals surface area contributed by atoms with Gasteiger partial charge in [-0.05, 0) is 24.3 Å². The Balaban J connectivity index is 2.25. The fraction of sp³-hybridized carbons (Fsp3) is 0.133. The monoisotopic (exact) mass is 316 g/mol. The first-order valence-corrected chi connectivity index (χ1v) is 7.10. The molecule has 0 amide bonds. The normalized spacial score (nSPS) is 10.7. The van der Waals surface area contributed by atoms with Crippen LogP contribution < -0.4 is 0 Å². The minimum Gasteiger partial charge on any atom is -0.322 e. The number of imidazole rings is 1. The van der Waals surface area contributed by atoms with Crippen LogP contribution in [0.5, 0.6) is 0 Å². The lowest BCUT2D eigenvalue weighted by Crippen LogP contribution is -2.01. The third-order valence-corrected chi connectivity index (χ3v) is 3.85. The molecule has 0 spiro atoms. The Morgan fingerprint density at radius 2 is 2.00 bits per heavy atom. The van der Waals surface area contributed by atoms with E-state index in [0.29, 0.717) is 28.8 Å². The van der Waals surface area contributed by atoms with E-state index in [9.17, 15) is 0 Å². The number of nitrogens with zero attached hydrogens (tertiary/aromatic N) is 4. The zero-order valence-corrected chi connectivity index (χ0v) is 12.4. The summed E-state index contributed by atoms with van der Waals surface area (Å²) >= 11 is 12.1. The van der Waals surface area contributed by atoms with Gasteiger partial charge in [-0.15, -0.1) is 0 Å². The van der Waals surface area contributed by atoms with Gasteiger partial charge in [-0.3, -0.25) is 4.98 Å². The van der Waals surface area contributed by atoms with E-state index in [4.69, 9.17) is 28.5 Å². The maximum Gasteiger partial charge on any atom is 0.159 e. The minimum atomic E-state index is 0.380. The van der Waals surface area contributed by atoms with E-state index in [1.165, 1.54) is 0 Å². The van der Waals surface area contributed by atoms with Crippen molar-refractivity contribution < 1.29 is 0 Å². The first-order chi connectivity index (χ1) is 10.2. The number of fused-ring (bicyclic) bond motifs is 1. The largest absolute Gasteiger partial charge is 0.322 e. The Morgan fingerprint density at radius 1 is 1.19 bits per heavy atom. The van der Waals surface area contributed by atoms with Crippen LogP contribution >= 0.6 is 23.2 Å². The van der Waals surface area contributed by atoms with Crippen molar-refractivity contribution in [3.63, 3.8) is 0 Å². The fourth-order valence-corrected chi connectivity index (χ4v) is 2.51. The molecule has 4 nitrogen and oxygen atoms in total. The van der Waals surface area contributed by atoms with Crippen molar-refractivity contribution in [1.29, 1.82) is 5.26 Å². The molecule has 0 saturated carbocycles. The molecule has 104 valence electrons. The quantitative estimate of drug-likeness (QED) is 0.723. The number of aromatic nitrogens is 3. The van der Waals surface area contributed by atoms with Crippen LogP contribution in [-0.4, -0.2) is 14.5 Å². The van der Waals surface area contributed by atoms with Gasteiger partial charge in [0.2, 0.25) is 0 Å². The Kier molecular flexibility index (Phi) is 3.78. The highest BCUT2D eigenvalue weighted by Gasteiger charge is 2.15. The molecule has 0 atom stereocenters. The molecule has 0 radical (unpaired) electrons. The van der Waals surface area contributed by atoms with E-state index < -0.39 is 0 Å². The summed E-state index contributed by atoms with van der Waals surface area (Å²) < 4.78 is 1.95. The number of rotatable bonds is 3. The molecule has 1 aromatic carbocycles. The highest BCUT2D eigenvalue weighted by Crippen LogP contribution is 2.30. The van der Waals surface area contributed by atoms with Crippen LogP contribution in [0.3, 0.4) is 0 Å². The molecular formula is C15H10Cl2N4. The maximum atomic E-state index is 8.85. The molecule has 2 aromatic heterocycles. The van der Waals surface area contributed by atoms with Crippen LogP contribution in [-0.2, 0) is 6.54 Å². The lowest BCUT2D eigenvalue weighted by Gasteiger charge is -2.06. The number of benzene rings is 1. The average Bonchev–Trinajstić information content (AvgIpc) is 2.84. The summed E-state index contributed by atoms with van der Waals surface area (Å²) in [7, 11) is 0. The second-order valence-corrected chi connectivity index (χ2v) is 5.28. The van der Waals surface area contributed by atoms with Crippen molar-refractivity contribution in [2.45, 2.75) is 13.0 Å². The standard InChI is InChI=1S/C15H10Cl2N4/c16-10-8-13-14(9-11(10)17)21(7-3-5-18)15(20-13)12-4-1-2-6-19-12/h1-2,4,6,8-9H,3,7H2. The summed E-state index contributed by atoms with van der Waals surface area (Å²) in [5.41, 5.74) is 2.34. The Morgan fingerprint density at radius 3 is 2.71 bits per heavy atom. The molecule has 0 fully saturated rings. The van der Waals surface area contributed by atoms with Crippen LogP contribution in [0.2, 0.25) is 10.0 Å². The number of aryl methyl sites for hydroxylation is 1. The van der Waals surface area contributed by atoms with E-state index in [1.54, 1.807) is 18.3 Å². The van der Waals surface area contributed by atoms with Crippen LogP contribution in [0.25, 0.3) is 22.6 Å². The second-order valence-electron chi connectivity index (χ2n) is 4.47. The molecule has 6 heteroatoms. The van der Waals surface area contributed by atoms with Crippen molar-refractivity contribution in [2.75, 3.05) is 0 Å². The van der Waals surface area contributed by atoms with Crippen molar-refractivity contribution in [3.05, 3.63) is 46.6 Å². The molecule has 0 aliphatic heterocycles. The van der Waals surface area contributed by atoms with Crippen LogP contribution in [0.1, 0.15) is 6.42 Å². The van der Waals surface area contributed by atoms with Crippen molar-refractivity contribution in [2.24, 2.45) is 0 Å². The molecule has 0 N–H and O–H groups in total. The lowest BCUT2D eigenvalue weighted by molar-refractivity contribution is 0.742. The molecule has 0 unspecified atom stereocenters. The molecule has 0 bridgehead atoms. The van der Waals surface area contributed by atoms with Gasteiger partial charge in [0.05, 0.1) is 33.6 Å². The van der Waals surface area contributed by atoms with Gasteiger partial charge in [0.15, 0.2) is 5.82 Å². The summed E-state index contributed by atoms with van der Waals surface area (Å²) in [6.45, 7) is 0.525. The molecule has 21 heavy (non-hydrogen) atoms. The summed E-state index contributed by atoms with van der Waals surface area (Å²) in [4.78, 5) is 8.91. The number of nitriles is 1. The predicted octanol–water partition coefficient (Wildman–Crippen LogP) is 4.32. The third-order valence-electron chi connectivity index (χ3n) is 3.13. The first kappa shape index (κ1) is 13.9. The molecular weight excluding hydrogens is 307 g/mol. The zero-order valence-electron chi connectivity index (χ0n) is 10.9. The average molecular weight is 317 g/mol. The summed E-state index contributed by atoms with van der Waals surface area (Å²) in [5.74, 6) is 0.708. The highest BCUT2D eigenvalue weighted by atomic mass is 35.5. The van der Waals surface area contributed by atoms with Crippen LogP contribution in [0.15, 0.2) is 36.5 Å². The summed E-state index contributed by atoms with van der Waals surface area (Å²) in [5, 5.41) is 9.78. The van der Waals surface area contributed by atoms with Gasteiger partial charge in [-0.2, -0.15) is 5.26 Å². The molecule has 0 aliphatic carbocycles. The Labute approximate surface area is 131 Å². The number of pyridine rings is 1. The van der Waals surface area contributed by atoms with E-state index in [-0.39, 0.29) is 0 Å². The van der Waals surface area contributed by atoms with Gasteiger partial charge in [0, 0.05) is 12.7 Å². The summed E-state index contributed by atoms with van der Waals surface area (Å²) in [6.07, 6.45) is 2.09. The van der Waals surface area contributed by atoms with Crippen LogP contribution in [0.4, 0.5) is 0 Å². The lowest BCUT2D eigenvalue weighted by atomic mass is 10.3. The molecule has 3 rings (SSSR count). The SMILES string of the molecule is N#CCCn1c(-c2ccccn2)nc2cc(Cl)c(Cl)cc21. The van der Waals surface area contributed by atoms with Crippen molar-refractivity contribution >= 4 is 34.2 Å². The van der Waals surface area contributed by atoms with Crippen LogP contribution in [0, 0.1) is 11.3 Å². The highest BCUT2D eigenvalue weighted by molar-refractivity contribution is 6.42. The van der Waals surface area contributed by atoms with Gasteiger partial charge in [0.1, 0.15) is 5.69 Å². The van der Waals surface area contributed by atoms with Gasteiger partial charge in [-0.25, -0.2) is 4.98 Å². The van der Waals surface area contributed by atoms with Gasteiger partial charge in [0.25, 0.3) is 0 Å². The topological polar surface area (TPSA) is 54.5 Å². The fourth-order valence-electron chi connectivity index (χ4n) is 2.20. The van der Waals surface area contributed by atoms with E-state index in [1.807, 2.05) is 22.8 Å². The minimum absolute atomic E-state index is 0.380. The van der Waals surface area contributed by atoms with E-state index in [0.717, 1.165) is 16.7 Å². The van der Waals surface area contributed by atoms with Gasteiger partial charge < -0.3 is 4.57 Å². The maximum absolute atomic E-state index is 8.85. The number of hydrogen-bond acceptors (Lipinski definition) is 3. The van der Waals surface area contributed by atoms with Crippen molar-refractivity contribution in [1.82, 2.24) is 14.5 Å². The van der Waals surface area contributed by atoms with Crippen molar-refractivity contribution in [3.8, 4) is 17.6 Å². The molecule has 3 aromatic rings. The molecule has 0 saturated heterocycles. The number of halogens is 2. The van der Waals surface area contributed by atoms with Gasteiger partial charge in [-0.1, -0.05) is 29.3 Å².